The van der Waals surface area contributed by atoms with Gasteiger partial charge < -0.3 is 14.8 Å². The molecule has 112 valence electrons. The second kappa shape index (κ2) is 7.59. The van der Waals surface area contributed by atoms with Crippen LogP contribution >= 0.6 is 11.6 Å². The van der Waals surface area contributed by atoms with E-state index >= 15 is 0 Å². The number of ether oxygens (including phenoxy) is 2. The summed E-state index contributed by atoms with van der Waals surface area (Å²) in [5.41, 5.74) is 0. The van der Waals surface area contributed by atoms with Crippen LogP contribution in [0.3, 0.4) is 0 Å². The van der Waals surface area contributed by atoms with E-state index in [1.54, 1.807) is 0 Å². The van der Waals surface area contributed by atoms with E-state index in [0.29, 0.717) is 18.5 Å². The lowest BCUT2D eigenvalue weighted by molar-refractivity contribution is 0.0621. The van der Waals surface area contributed by atoms with Gasteiger partial charge in [0.25, 0.3) is 0 Å². The molecule has 0 amide bonds. The molecule has 6 nitrogen and oxygen atoms in total. The summed E-state index contributed by atoms with van der Waals surface area (Å²) in [6, 6.07) is 0.532. The summed E-state index contributed by atoms with van der Waals surface area (Å²) in [4.78, 5) is 12.3. The number of rotatable bonds is 6. The Morgan fingerprint density at radius 2 is 2.10 bits per heavy atom. The molecule has 1 unspecified atom stereocenters. The second-order valence-electron chi connectivity index (χ2n) is 4.94. The topological polar surface area (TPSA) is 69.2 Å². The van der Waals surface area contributed by atoms with E-state index in [1.165, 1.54) is 0 Å². The Hall–Kier alpha value is -1.14. The molecule has 2 heterocycles. The number of anilines is 1. The molecule has 1 aliphatic rings. The molecule has 1 fully saturated rings. The van der Waals surface area contributed by atoms with Gasteiger partial charge in [-0.05, 0) is 43.7 Å². The predicted molar refractivity (Wildman–Crippen MR) is 77.3 cm³/mol. The maximum atomic E-state index is 5.90. The van der Waals surface area contributed by atoms with Crippen LogP contribution in [0.2, 0.25) is 5.28 Å². The van der Waals surface area contributed by atoms with E-state index in [0.717, 1.165) is 32.5 Å². The zero-order valence-corrected chi connectivity index (χ0v) is 12.7. The van der Waals surface area contributed by atoms with Crippen molar-refractivity contribution in [2.45, 2.75) is 39.2 Å². The Labute approximate surface area is 124 Å². The summed E-state index contributed by atoms with van der Waals surface area (Å²) in [7, 11) is 0. The minimum atomic E-state index is 0.146. The summed E-state index contributed by atoms with van der Waals surface area (Å²) in [6.07, 6.45) is 2.99. The molecular formula is C13H21ClN4O2. The molecule has 0 aliphatic carbocycles. The molecule has 7 heteroatoms. The quantitative estimate of drug-likeness (QED) is 0.870. The first kappa shape index (κ1) is 15.3. The van der Waals surface area contributed by atoms with Gasteiger partial charge in [0.2, 0.25) is 11.2 Å². The first-order chi connectivity index (χ1) is 9.69. The van der Waals surface area contributed by atoms with Crippen LogP contribution in [0.5, 0.6) is 6.01 Å². The van der Waals surface area contributed by atoms with Gasteiger partial charge in [0.15, 0.2) is 0 Å². The number of nitrogens with one attached hydrogen (secondary N) is 1. The fraction of sp³-hybridized carbons (Fsp3) is 0.769. The van der Waals surface area contributed by atoms with Gasteiger partial charge >= 0.3 is 6.01 Å². The van der Waals surface area contributed by atoms with Crippen molar-refractivity contribution in [3.05, 3.63) is 5.28 Å². The van der Waals surface area contributed by atoms with Gasteiger partial charge in [0.05, 0.1) is 6.61 Å². The summed E-state index contributed by atoms with van der Waals surface area (Å²) in [6.45, 7) is 6.35. The van der Waals surface area contributed by atoms with Gasteiger partial charge in [-0.25, -0.2) is 0 Å². The third-order valence-electron chi connectivity index (χ3n) is 3.35. The number of nitrogens with zero attached hydrogens (tertiary/aromatic N) is 3. The molecule has 1 aromatic heterocycles. The van der Waals surface area contributed by atoms with Crippen molar-refractivity contribution in [3.8, 4) is 6.01 Å². The average molecular weight is 301 g/mol. The number of hydrogen-bond donors (Lipinski definition) is 1. The zero-order chi connectivity index (χ0) is 14.4. The van der Waals surface area contributed by atoms with Gasteiger partial charge in [0, 0.05) is 19.3 Å². The Morgan fingerprint density at radius 3 is 2.80 bits per heavy atom. The van der Waals surface area contributed by atoms with Crippen LogP contribution in [0, 0.1) is 5.92 Å². The first-order valence-corrected chi connectivity index (χ1v) is 7.45. The van der Waals surface area contributed by atoms with Crippen molar-refractivity contribution in [2.24, 2.45) is 5.92 Å². The van der Waals surface area contributed by atoms with E-state index in [-0.39, 0.29) is 17.3 Å². The van der Waals surface area contributed by atoms with Gasteiger partial charge in [-0.2, -0.15) is 15.0 Å². The average Bonchev–Trinajstić information content (AvgIpc) is 2.45. The number of aromatic nitrogens is 3. The maximum absolute atomic E-state index is 5.90. The Kier molecular flexibility index (Phi) is 5.79. The van der Waals surface area contributed by atoms with Crippen molar-refractivity contribution in [2.75, 3.05) is 25.1 Å². The Balaban J connectivity index is 1.98. The Bertz CT molecular complexity index is 427. The van der Waals surface area contributed by atoms with Crippen LogP contribution in [-0.2, 0) is 4.74 Å². The van der Waals surface area contributed by atoms with E-state index in [1.807, 2.05) is 6.92 Å². The molecule has 2 rings (SSSR count). The SMILES string of the molecule is CCCOc1nc(Cl)nc(NC(C)C2CCOCC2)n1. The third-order valence-corrected chi connectivity index (χ3v) is 3.52. The van der Waals surface area contributed by atoms with Crippen molar-refractivity contribution in [1.82, 2.24) is 15.0 Å². The van der Waals surface area contributed by atoms with Gasteiger partial charge in [-0.1, -0.05) is 6.92 Å². The van der Waals surface area contributed by atoms with Crippen molar-refractivity contribution < 1.29 is 9.47 Å². The molecule has 0 aromatic carbocycles. The van der Waals surface area contributed by atoms with Crippen LogP contribution in [0.4, 0.5) is 5.95 Å². The highest BCUT2D eigenvalue weighted by Crippen LogP contribution is 2.21. The Morgan fingerprint density at radius 1 is 1.35 bits per heavy atom. The van der Waals surface area contributed by atoms with Crippen LogP contribution in [-0.4, -0.2) is 40.8 Å². The first-order valence-electron chi connectivity index (χ1n) is 7.07. The van der Waals surface area contributed by atoms with Crippen LogP contribution in [0.15, 0.2) is 0 Å². The fourth-order valence-electron chi connectivity index (χ4n) is 2.19. The summed E-state index contributed by atoms with van der Waals surface area (Å²) in [5, 5.41) is 3.43. The highest BCUT2D eigenvalue weighted by atomic mass is 35.5. The van der Waals surface area contributed by atoms with E-state index < -0.39 is 0 Å². The molecule has 0 spiro atoms. The second-order valence-corrected chi connectivity index (χ2v) is 5.28. The molecule has 0 saturated carbocycles. The highest BCUT2D eigenvalue weighted by molar-refractivity contribution is 6.28. The van der Waals surface area contributed by atoms with Gasteiger partial charge in [0.1, 0.15) is 0 Å². The van der Waals surface area contributed by atoms with Crippen LogP contribution in [0.25, 0.3) is 0 Å². The lowest BCUT2D eigenvalue weighted by atomic mass is 9.93. The van der Waals surface area contributed by atoms with E-state index in [9.17, 15) is 0 Å². The lowest BCUT2D eigenvalue weighted by Crippen LogP contribution is -2.31. The minimum absolute atomic E-state index is 0.146. The van der Waals surface area contributed by atoms with Gasteiger partial charge in [-0.15, -0.1) is 0 Å². The molecule has 1 aliphatic heterocycles. The predicted octanol–water partition coefficient (Wildman–Crippen LogP) is 2.54. The van der Waals surface area contributed by atoms with Gasteiger partial charge in [-0.3, -0.25) is 0 Å². The van der Waals surface area contributed by atoms with Crippen molar-refractivity contribution >= 4 is 17.5 Å². The zero-order valence-electron chi connectivity index (χ0n) is 11.9. The molecule has 0 radical (unpaired) electrons. The molecule has 1 atom stereocenters. The number of hydrogen-bond acceptors (Lipinski definition) is 6. The molecule has 1 aromatic rings. The van der Waals surface area contributed by atoms with Crippen LogP contribution in [0.1, 0.15) is 33.1 Å². The lowest BCUT2D eigenvalue weighted by Gasteiger charge is -2.28. The molecular weight excluding hydrogens is 280 g/mol. The summed E-state index contributed by atoms with van der Waals surface area (Å²) >= 11 is 5.90. The maximum Gasteiger partial charge on any atom is 0.322 e. The standard InChI is InChI=1S/C13H21ClN4O2/c1-3-6-20-13-17-11(14)16-12(18-13)15-9(2)10-4-7-19-8-5-10/h9-10H,3-8H2,1-2H3,(H,15,16,17,18). The molecule has 0 bridgehead atoms. The fourth-order valence-corrected chi connectivity index (χ4v) is 2.34. The van der Waals surface area contributed by atoms with E-state index in [2.05, 4.69) is 27.2 Å². The van der Waals surface area contributed by atoms with E-state index in [4.69, 9.17) is 21.1 Å². The molecule has 1 N–H and O–H groups in total. The van der Waals surface area contributed by atoms with Crippen molar-refractivity contribution in [3.63, 3.8) is 0 Å². The minimum Gasteiger partial charge on any atom is -0.463 e. The smallest absolute Gasteiger partial charge is 0.322 e. The molecule has 1 saturated heterocycles. The monoisotopic (exact) mass is 300 g/mol. The third kappa shape index (κ3) is 4.45. The summed E-state index contributed by atoms with van der Waals surface area (Å²) < 4.78 is 10.8. The normalized spacial score (nSPS) is 17.8. The number of halogens is 1. The largest absolute Gasteiger partial charge is 0.463 e. The van der Waals surface area contributed by atoms with Crippen LogP contribution < -0.4 is 10.1 Å². The summed E-state index contributed by atoms with van der Waals surface area (Å²) in [5.74, 6) is 1.02. The molecule has 20 heavy (non-hydrogen) atoms. The van der Waals surface area contributed by atoms with Crippen molar-refractivity contribution in [1.29, 1.82) is 0 Å². The highest BCUT2D eigenvalue weighted by Gasteiger charge is 2.21.